The van der Waals surface area contributed by atoms with Gasteiger partial charge in [-0.2, -0.15) is 0 Å². The van der Waals surface area contributed by atoms with Crippen LogP contribution in [0.25, 0.3) is 0 Å². The van der Waals surface area contributed by atoms with Gasteiger partial charge < -0.3 is 0 Å². The molecule has 0 unspecified atom stereocenters. The van der Waals surface area contributed by atoms with Crippen molar-refractivity contribution in [3.8, 4) is 23.0 Å². The standard InChI is InChI=1S/C12H10O3P.C6H6O2.C4H9.Sn/c13-16(14-11-7-3-1-4-8-11)15-12-9-5-2-6-10-12;7-5-3-1-2-4-6(5)8;1-3-4-2;/h1-10H;1-4,7-8H;1,3-4H2,2H3;/q-1;;;+3/p-2. The summed E-state index contributed by atoms with van der Waals surface area (Å²) in [4.78, 5) is 0. The Morgan fingerprint density at radius 3 is 1.69 bits per heavy atom. The van der Waals surface area contributed by atoms with Crippen LogP contribution in [-0.2, 0) is 2.86 Å². The Bertz CT molecular complexity index is 843. The van der Waals surface area contributed by atoms with Gasteiger partial charge >= 0.3 is 178 Å². The van der Waals surface area contributed by atoms with Gasteiger partial charge in [-0.3, -0.25) is 0 Å². The summed E-state index contributed by atoms with van der Waals surface area (Å²) in [5.41, 5.74) is 0. The predicted molar refractivity (Wildman–Crippen MR) is 115 cm³/mol. The summed E-state index contributed by atoms with van der Waals surface area (Å²) in [5.74, 6) is 2.85. The van der Waals surface area contributed by atoms with E-state index in [0.29, 0.717) is 11.5 Å². The van der Waals surface area contributed by atoms with E-state index in [1.807, 2.05) is 84.9 Å². The molecule has 0 aliphatic carbocycles. The summed E-state index contributed by atoms with van der Waals surface area (Å²) in [6.07, 6.45) is 1.99. The summed E-state index contributed by atoms with van der Waals surface area (Å²) in [7, 11) is -1.75. The van der Waals surface area contributed by atoms with Crippen molar-refractivity contribution in [3.05, 3.63) is 84.9 Å². The minimum absolute atomic E-state index is 0.682. The Morgan fingerprint density at radius 2 is 1.21 bits per heavy atom. The molecule has 0 saturated heterocycles. The maximum atomic E-state index is 6.48. The molecule has 3 aromatic rings. The average molecular weight is 517 g/mol. The molecular formula is C22H23O5PSn. The quantitative estimate of drug-likeness (QED) is 0.237. The zero-order valence-electron chi connectivity index (χ0n) is 16.2. The summed E-state index contributed by atoms with van der Waals surface area (Å²) in [5, 5.41) is 0. The van der Waals surface area contributed by atoms with Crippen molar-refractivity contribution in [2.24, 2.45) is 0 Å². The molecular weight excluding hydrogens is 494 g/mol. The van der Waals surface area contributed by atoms with Crippen molar-refractivity contribution in [1.29, 1.82) is 0 Å². The molecule has 150 valence electrons. The van der Waals surface area contributed by atoms with Gasteiger partial charge in [0, 0.05) is 0 Å². The Balaban J connectivity index is 1.58. The molecule has 0 fully saturated rings. The summed E-state index contributed by atoms with van der Waals surface area (Å²) >= 11 is -3.95. The third-order valence-electron chi connectivity index (χ3n) is 4.28. The van der Waals surface area contributed by atoms with E-state index in [1.54, 1.807) is 0 Å². The molecule has 4 rings (SSSR count). The summed E-state index contributed by atoms with van der Waals surface area (Å²) in [6, 6.07) is 26.8. The van der Waals surface area contributed by atoms with Crippen LogP contribution in [0.1, 0.15) is 19.8 Å². The third kappa shape index (κ3) is 5.35. The fourth-order valence-electron chi connectivity index (χ4n) is 2.86. The Kier molecular flexibility index (Phi) is 6.80. The molecule has 0 saturated carbocycles. The molecule has 0 atom stereocenters. The van der Waals surface area contributed by atoms with Gasteiger partial charge in [-0.15, -0.1) is 0 Å². The molecule has 0 amide bonds. The Labute approximate surface area is 178 Å². The second kappa shape index (κ2) is 9.70. The van der Waals surface area contributed by atoms with E-state index in [-0.39, 0.29) is 0 Å². The first-order valence-electron chi connectivity index (χ1n) is 9.69. The van der Waals surface area contributed by atoms with Crippen LogP contribution in [0.4, 0.5) is 0 Å². The van der Waals surface area contributed by atoms with Crippen LogP contribution in [0.15, 0.2) is 84.9 Å². The first kappa shape index (κ1) is 20.3. The average Bonchev–Trinajstić information content (AvgIpc) is 3.12. The molecule has 3 aromatic carbocycles. The molecule has 0 spiro atoms. The maximum absolute atomic E-state index is 6.48. The zero-order chi connectivity index (χ0) is 19.9. The van der Waals surface area contributed by atoms with Gasteiger partial charge in [-0.05, 0) is 0 Å². The van der Waals surface area contributed by atoms with Crippen LogP contribution < -0.4 is 15.2 Å². The van der Waals surface area contributed by atoms with Crippen molar-refractivity contribution in [2.75, 3.05) is 0 Å². The van der Waals surface area contributed by atoms with Crippen molar-refractivity contribution in [3.63, 3.8) is 0 Å². The van der Waals surface area contributed by atoms with Crippen LogP contribution in [-0.4, -0.2) is 19.6 Å². The number of unbranched alkanes of at least 4 members (excludes halogenated alkanes) is 1. The van der Waals surface area contributed by atoms with Crippen molar-refractivity contribution in [2.45, 2.75) is 24.2 Å². The number of benzene rings is 3. The second-order valence-electron chi connectivity index (χ2n) is 6.56. The second-order valence-corrected chi connectivity index (χ2v) is 15.6. The fraction of sp³-hybridized carbons (Fsp3) is 0.182. The van der Waals surface area contributed by atoms with Gasteiger partial charge in [-0.25, -0.2) is 0 Å². The fourth-order valence-corrected chi connectivity index (χ4v) is 13.8. The van der Waals surface area contributed by atoms with E-state index in [9.17, 15) is 0 Å². The molecule has 0 aromatic heterocycles. The molecule has 5 nitrogen and oxygen atoms in total. The minimum atomic E-state index is -3.95. The molecule has 29 heavy (non-hydrogen) atoms. The monoisotopic (exact) mass is 518 g/mol. The molecule has 1 aliphatic rings. The van der Waals surface area contributed by atoms with E-state index < -0.39 is 28.2 Å². The van der Waals surface area contributed by atoms with Crippen molar-refractivity contribution in [1.82, 2.24) is 0 Å². The molecule has 7 heteroatoms. The molecule has 0 radical (unpaired) electrons. The third-order valence-corrected chi connectivity index (χ3v) is 14.9. The topological polar surface area (TPSA) is 46.2 Å². The predicted octanol–water partition coefficient (Wildman–Crippen LogP) is 6.60. The van der Waals surface area contributed by atoms with Crippen molar-refractivity contribution < 1.29 is 18.1 Å². The molecule has 0 bridgehead atoms. The zero-order valence-corrected chi connectivity index (χ0v) is 19.9. The van der Waals surface area contributed by atoms with E-state index >= 15 is 0 Å². The van der Waals surface area contributed by atoms with Crippen LogP contribution in [0.5, 0.6) is 23.0 Å². The number of hydrogen-bond donors (Lipinski definition) is 0. The van der Waals surface area contributed by atoms with Gasteiger partial charge in [-0.1, -0.05) is 0 Å². The van der Waals surface area contributed by atoms with E-state index in [1.165, 1.54) is 0 Å². The van der Waals surface area contributed by atoms with E-state index in [2.05, 4.69) is 6.92 Å². The first-order chi connectivity index (χ1) is 14.3. The van der Waals surface area contributed by atoms with Gasteiger partial charge in [0.15, 0.2) is 0 Å². The molecule has 1 aliphatic heterocycles. The normalized spacial score (nSPS) is 14.0. The number of rotatable bonds is 9. The Hall–Kier alpha value is -1.95. The number of hydrogen-bond acceptors (Lipinski definition) is 5. The van der Waals surface area contributed by atoms with Gasteiger partial charge in [0.1, 0.15) is 0 Å². The van der Waals surface area contributed by atoms with E-state index in [4.69, 9.17) is 18.1 Å². The summed E-state index contributed by atoms with van der Waals surface area (Å²) in [6.45, 7) is 2.14. The van der Waals surface area contributed by atoms with Crippen LogP contribution in [0.2, 0.25) is 4.44 Å². The van der Waals surface area contributed by atoms with Gasteiger partial charge in [0.25, 0.3) is 0 Å². The van der Waals surface area contributed by atoms with Crippen LogP contribution in [0, 0.1) is 0 Å². The van der Waals surface area contributed by atoms with Crippen LogP contribution in [0.3, 0.4) is 0 Å². The summed E-state index contributed by atoms with van der Waals surface area (Å²) < 4.78 is 32.1. The van der Waals surface area contributed by atoms with E-state index in [0.717, 1.165) is 28.8 Å². The van der Waals surface area contributed by atoms with Gasteiger partial charge in [0.05, 0.1) is 0 Å². The van der Waals surface area contributed by atoms with Gasteiger partial charge in [0.2, 0.25) is 0 Å². The first-order valence-corrected chi connectivity index (χ1v) is 16.3. The van der Waals surface area contributed by atoms with Crippen molar-refractivity contribution >= 4 is 28.2 Å². The number of para-hydroxylation sites is 4. The molecule has 1 heterocycles. The SMILES string of the molecule is CCC[CH2][Sn]1([O]P(Oc2ccccc2)Oc2ccccc2)[O]c2ccccc2[O]1. The van der Waals surface area contributed by atoms with Crippen LogP contribution >= 0.6 is 8.60 Å². The molecule has 0 N–H and O–H groups in total. The number of fused-ring (bicyclic) bond motifs is 1. The Morgan fingerprint density at radius 1 is 0.724 bits per heavy atom.